The van der Waals surface area contributed by atoms with Crippen molar-refractivity contribution < 1.29 is 5.11 Å². The topological polar surface area (TPSA) is 44.0 Å². The summed E-state index contributed by atoms with van der Waals surface area (Å²) >= 11 is 0. The Kier molecular flexibility index (Phi) is 4.26. The van der Waals surface area contributed by atoms with Crippen molar-refractivity contribution in [3.63, 3.8) is 0 Å². The Balaban J connectivity index is 2.16. The van der Waals surface area contributed by atoms with Gasteiger partial charge in [0.05, 0.1) is 17.1 Å². The van der Waals surface area contributed by atoms with Crippen LogP contribution in [0.15, 0.2) is 0 Å². The van der Waals surface area contributed by atoms with Gasteiger partial charge >= 0.3 is 0 Å². The SMILES string of the molecule is CC1CCC(C#N)(C2(O)CCCC(C(C)C)CC2)C1. The molecule has 108 valence electrons. The zero-order valence-corrected chi connectivity index (χ0v) is 12.8. The highest BCUT2D eigenvalue weighted by atomic mass is 16.3. The van der Waals surface area contributed by atoms with Crippen LogP contribution in [0.4, 0.5) is 0 Å². The maximum absolute atomic E-state index is 11.2. The summed E-state index contributed by atoms with van der Waals surface area (Å²) in [5.74, 6) is 2.01. The highest BCUT2D eigenvalue weighted by Gasteiger charge is 2.54. The van der Waals surface area contributed by atoms with Crippen molar-refractivity contribution in [1.29, 1.82) is 5.26 Å². The van der Waals surface area contributed by atoms with E-state index in [0.717, 1.165) is 50.9 Å². The molecule has 2 heteroatoms. The summed E-state index contributed by atoms with van der Waals surface area (Å²) in [6.07, 6.45) is 7.94. The molecule has 0 aromatic rings. The third kappa shape index (κ3) is 2.68. The molecule has 0 amide bonds. The van der Waals surface area contributed by atoms with Crippen molar-refractivity contribution >= 4 is 0 Å². The summed E-state index contributed by atoms with van der Waals surface area (Å²) in [7, 11) is 0. The fourth-order valence-electron chi connectivity index (χ4n) is 4.42. The van der Waals surface area contributed by atoms with Crippen LogP contribution in [0.5, 0.6) is 0 Å². The van der Waals surface area contributed by atoms with Crippen molar-refractivity contribution in [3.8, 4) is 6.07 Å². The summed E-state index contributed by atoms with van der Waals surface area (Å²) in [6, 6.07) is 2.54. The molecule has 0 heterocycles. The Bertz CT molecular complexity index is 359. The highest BCUT2D eigenvalue weighted by Crippen LogP contribution is 2.53. The molecule has 4 atom stereocenters. The molecular weight excluding hydrogens is 234 g/mol. The summed E-state index contributed by atoms with van der Waals surface area (Å²) in [4.78, 5) is 0. The Hall–Kier alpha value is -0.550. The molecule has 1 N–H and O–H groups in total. The van der Waals surface area contributed by atoms with Crippen LogP contribution < -0.4 is 0 Å². The van der Waals surface area contributed by atoms with E-state index in [1.807, 2.05) is 0 Å². The lowest BCUT2D eigenvalue weighted by Crippen LogP contribution is -2.46. The number of aliphatic hydroxyl groups is 1. The maximum atomic E-state index is 11.2. The normalized spacial score (nSPS) is 44.0. The minimum atomic E-state index is -0.726. The smallest absolute Gasteiger partial charge is 0.0862 e. The van der Waals surface area contributed by atoms with Crippen LogP contribution in [-0.4, -0.2) is 10.7 Å². The summed E-state index contributed by atoms with van der Waals surface area (Å²) in [5.41, 5.74) is -1.19. The second-order valence-corrected chi connectivity index (χ2v) is 7.51. The molecule has 0 spiro atoms. The van der Waals surface area contributed by atoms with Crippen molar-refractivity contribution in [2.24, 2.45) is 23.2 Å². The van der Waals surface area contributed by atoms with E-state index in [0.29, 0.717) is 11.8 Å². The van der Waals surface area contributed by atoms with Gasteiger partial charge in [-0.2, -0.15) is 5.26 Å². The Labute approximate surface area is 118 Å². The molecule has 0 saturated heterocycles. The van der Waals surface area contributed by atoms with Crippen molar-refractivity contribution in [2.45, 2.75) is 77.7 Å². The first-order valence-corrected chi connectivity index (χ1v) is 8.06. The molecule has 2 rings (SSSR count). The first kappa shape index (κ1) is 14.9. The van der Waals surface area contributed by atoms with Crippen LogP contribution >= 0.6 is 0 Å². The molecule has 0 aliphatic heterocycles. The summed E-state index contributed by atoms with van der Waals surface area (Å²) < 4.78 is 0. The molecule has 0 radical (unpaired) electrons. The van der Waals surface area contributed by atoms with Crippen LogP contribution in [0.1, 0.15) is 72.1 Å². The van der Waals surface area contributed by atoms with Gasteiger partial charge in [0.1, 0.15) is 0 Å². The van der Waals surface area contributed by atoms with Gasteiger partial charge in [0.15, 0.2) is 0 Å². The predicted molar refractivity (Wildman–Crippen MR) is 77.4 cm³/mol. The molecular formula is C17H29NO. The van der Waals surface area contributed by atoms with Crippen LogP contribution in [0, 0.1) is 34.5 Å². The highest BCUT2D eigenvalue weighted by molar-refractivity contribution is 5.15. The molecule has 2 fully saturated rings. The number of hydrogen-bond acceptors (Lipinski definition) is 2. The molecule has 0 bridgehead atoms. The van der Waals surface area contributed by atoms with E-state index in [4.69, 9.17) is 0 Å². The van der Waals surface area contributed by atoms with E-state index in [2.05, 4.69) is 26.8 Å². The van der Waals surface area contributed by atoms with Gasteiger partial charge in [0.2, 0.25) is 0 Å². The number of rotatable bonds is 2. The number of nitrogens with zero attached hydrogens (tertiary/aromatic N) is 1. The van der Waals surface area contributed by atoms with Gasteiger partial charge in [0, 0.05) is 0 Å². The van der Waals surface area contributed by atoms with E-state index < -0.39 is 11.0 Å². The minimum Gasteiger partial charge on any atom is -0.388 e. The molecule has 2 nitrogen and oxygen atoms in total. The average molecular weight is 263 g/mol. The first-order chi connectivity index (χ1) is 8.92. The molecule has 0 aromatic carbocycles. The van der Waals surface area contributed by atoms with E-state index in [1.54, 1.807) is 0 Å². The van der Waals surface area contributed by atoms with Crippen LogP contribution in [0.3, 0.4) is 0 Å². The van der Waals surface area contributed by atoms with Crippen molar-refractivity contribution in [3.05, 3.63) is 0 Å². The van der Waals surface area contributed by atoms with E-state index in [1.165, 1.54) is 6.42 Å². The lowest BCUT2D eigenvalue weighted by Gasteiger charge is -2.40. The molecule has 2 aliphatic carbocycles. The fraction of sp³-hybridized carbons (Fsp3) is 0.941. The monoisotopic (exact) mass is 263 g/mol. The van der Waals surface area contributed by atoms with Crippen molar-refractivity contribution in [1.82, 2.24) is 0 Å². The lowest BCUT2D eigenvalue weighted by molar-refractivity contribution is -0.0672. The van der Waals surface area contributed by atoms with E-state index in [-0.39, 0.29) is 0 Å². The second kappa shape index (κ2) is 5.44. The first-order valence-electron chi connectivity index (χ1n) is 8.06. The predicted octanol–water partition coefficient (Wildman–Crippen LogP) is 4.28. The Morgan fingerprint density at radius 1 is 1.16 bits per heavy atom. The molecule has 2 saturated carbocycles. The third-order valence-electron chi connectivity index (χ3n) is 5.90. The maximum Gasteiger partial charge on any atom is 0.0862 e. The van der Waals surface area contributed by atoms with Gasteiger partial charge in [-0.25, -0.2) is 0 Å². The summed E-state index contributed by atoms with van der Waals surface area (Å²) in [6.45, 7) is 6.79. The zero-order chi connectivity index (χ0) is 14.1. The largest absolute Gasteiger partial charge is 0.388 e. The zero-order valence-electron chi connectivity index (χ0n) is 12.8. The summed E-state index contributed by atoms with van der Waals surface area (Å²) in [5, 5.41) is 20.9. The molecule has 4 unspecified atom stereocenters. The minimum absolute atomic E-state index is 0.460. The van der Waals surface area contributed by atoms with Gasteiger partial charge in [0.25, 0.3) is 0 Å². The van der Waals surface area contributed by atoms with E-state index in [9.17, 15) is 10.4 Å². The molecule has 19 heavy (non-hydrogen) atoms. The molecule has 0 aromatic heterocycles. The van der Waals surface area contributed by atoms with Gasteiger partial charge in [-0.3, -0.25) is 0 Å². The average Bonchev–Trinajstić information content (AvgIpc) is 2.64. The van der Waals surface area contributed by atoms with E-state index >= 15 is 0 Å². The second-order valence-electron chi connectivity index (χ2n) is 7.51. The van der Waals surface area contributed by atoms with Gasteiger partial charge < -0.3 is 5.11 Å². The fourth-order valence-corrected chi connectivity index (χ4v) is 4.42. The quantitative estimate of drug-likeness (QED) is 0.755. The molecule has 2 aliphatic rings. The number of nitriles is 1. The van der Waals surface area contributed by atoms with Crippen LogP contribution in [0.25, 0.3) is 0 Å². The van der Waals surface area contributed by atoms with Crippen LogP contribution in [0.2, 0.25) is 0 Å². The van der Waals surface area contributed by atoms with Gasteiger partial charge in [-0.05, 0) is 56.3 Å². The van der Waals surface area contributed by atoms with Gasteiger partial charge in [-0.15, -0.1) is 0 Å². The Morgan fingerprint density at radius 2 is 1.89 bits per heavy atom. The Morgan fingerprint density at radius 3 is 2.42 bits per heavy atom. The van der Waals surface area contributed by atoms with Gasteiger partial charge in [-0.1, -0.05) is 33.6 Å². The standard InChI is InChI=1S/C17H29NO/c1-13(2)15-5-4-8-17(19,10-7-15)16(12-18)9-6-14(3)11-16/h13-15,19H,4-11H2,1-3H3. The third-order valence-corrected chi connectivity index (χ3v) is 5.90. The number of hydrogen-bond donors (Lipinski definition) is 1. The van der Waals surface area contributed by atoms with Crippen LogP contribution in [-0.2, 0) is 0 Å². The lowest BCUT2D eigenvalue weighted by atomic mass is 9.67. The van der Waals surface area contributed by atoms with Crippen molar-refractivity contribution in [2.75, 3.05) is 0 Å².